The topological polar surface area (TPSA) is 47.7 Å². The molecule has 2 N–H and O–H groups in total. The number of hydrogen-bond donors (Lipinski definition) is 1. The van der Waals surface area contributed by atoms with Gasteiger partial charge in [0.25, 0.3) is 0 Å². The Morgan fingerprint density at radius 1 is 1.33 bits per heavy atom. The van der Waals surface area contributed by atoms with Gasteiger partial charge < -0.3 is 15.2 Å². The standard InChI is InChI=1S/C14H20N2O2/c1-10-6-12(15)4-5-16(10)8-11-2-3-13-14(7-11)18-9-17-13/h2-3,7,10,12H,4-6,8-9,15H2,1H3. The van der Waals surface area contributed by atoms with E-state index in [1.807, 2.05) is 6.07 Å². The Morgan fingerprint density at radius 3 is 3.00 bits per heavy atom. The first-order valence-corrected chi connectivity index (χ1v) is 6.60. The molecule has 1 saturated heterocycles. The van der Waals surface area contributed by atoms with Crippen LogP contribution in [0, 0.1) is 0 Å². The van der Waals surface area contributed by atoms with Gasteiger partial charge in [-0.2, -0.15) is 0 Å². The normalized spacial score (nSPS) is 27.4. The van der Waals surface area contributed by atoms with Crippen molar-refractivity contribution < 1.29 is 9.47 Å². The Labute approximate surface area is 108 Å². The lowest BCUT2D eigenvalue weighted by molar-refractivity contribution is 0.140. The minimum atomic E-state index is 0.341. The summed E-state index contributed by atoms with van der Waals surface area (Å²) >= 11 is 0. The van der Waals surface area contributed by atoms with E-state index < -0.39 is 0 Å². The molecule has 2 aliphatic rings. The zero-order valence-corrected chi connectivity index (χ0v) is 10.8. The van der Waals surface area contributed by atoms with Crippen molar-refractivity contribution in [2.75, 3.05) is 13.3 Å². The number of piperidine rings is 1. The van der Waals surface area contributed by atoms with Gasteiger partial charge in [-0.15, -0.1) is 0 Å². The molecule has 2 unspecified atom stereocenters. The minimum absolute atomic E-state index is 0.341. The lowest BCUT2D eigenvalue weighted by atomic mass is 9.98. The first-order chi connectivity index (χ1) is 8.72. The maximum absolute atomic E-state index is 5.99. The van der Waals surface area contributed by atoms with E-state index in [1.54, 1.807) is 0 Å². The summed E-state index contributed by atoms with van der Waals surface area (Å²) in [4.78, 5) is 2.49. The summed E-state index contributed by atoms with van der Waals surface area (Å²) in [6, 6.07) is 7.13. The van der Waals surface area contributed by atoms with Gasteiger partial charge in [0, 0.05) is 25.2 Å². The van der Waals surface area contributed by atoms with Gasteiger partial charge in [0.2, 0.25) is 6.79 Å². The SMILES string of the molecule is CC1CC(N)CCN1Cc1ccc2c(c1)OCO2. The van der Waals surface area contributed by atoms with E-state index in [1.165, 1.54) is 5.56 Å². The average molecular weight is 248 g/mol. The van der Waals surface area contributed by atoms with Crippen molar-refractivity contribution in [3.8, 4) is 11.5 Å². The highest BCUT2D eigenvalue weighted by atomic mass is 16.7. The Balaban J connectivity index is 1.69. The molecule has 2 heterocycles. The van der Waals surface area contributed by atoms with Gasteiger partial charge in [-0.3, -0.25) is 4.90 Å². The van der Waals surface area contributed by atoms with Crippen LogP contribution in [0.3, 0.4) is 0 Å². The van der Waals surface area contributed by atoms with Crippen molar-refractivity contribution in [3.05, 3.63) is 23.8 Å². The third kappa shape index (κ3) is 2.31. The first kappa shape index (κ1) is 11.8. The van der Waals surface area contributed by atoms with Crippen molar-refractivity contribution >= 4 is 0 Å². The maximum atomic E-state index is 5.99. The number of nitrogens with two attached hydrogens (primary N) is 1. The van der Waals surface area contributed by atoms with E-state index in [-0.39, 0.29) is 0 Å². The Hall–Kier alpha value is -1.26. The molecule has 0 bridgehead atoms. The third-order valence-electron chi connectivity index (χ3n) is 3.88. The van der Waals surface area contributed by atoms with Gasteiger partial charge in [0.1, 0.15) is 0 Å². The maximum Gasteiger partial charge on any atom is 0.231 e. The van der Waals surface area contributed by atoms with Crippen LogP contribution in [-0.2, 0) is 6.54 Å². The van der Waals surface area contributed by atoms with Crippen LogP contribution >= 0.6 is 0 Å². The zero-order chi connectivity index (χ0) is 12.5. The number of ether oxygens (including phenoxy) is 2. The molecule has 0 radical (unpaired) electrons. The van der Waals surface area contributed by atoms with E-state index >= 15 is 0 Å². The lowest BCUT2D eigenvalue weighted by Gasteiger charge is -2.36. The van der Waals surface area contributed by atoms with Gasteiger partial charge in [-0.25, -0.2) is 0 Å². The highest BCUT2D eigenvalue weighted by molar-refractivity contribution is 5.44. The molecule has 1 aromatic carbocycles. The van der Waals surface area contributed by atoms with Crippen LogP contribution in [0.15, 0.2) is 18.2 Å². The second-order valence-corrected chi connectivity index (χ2v) is 5.29. The first-order valence-electron chi connectivity index (χ1n) is 6.60. The largest absolute Gasteiger partial charge is 0.454 e. The molecule has 2 aliphatic heterocycles. The molecule has 98 valence electrons. The summed E-state index contributed by atoms with van der Waals surface area (Å²) in [6.07, 6.45) is 2.18. The molecule has 0 aliphatic carbocycles. The van der Waals surface area contributed by atoms with Crippen LogP contribution in [0.2, 0.25) is 0 Å². The van der Waals surface area contributed by atoms with Crippen LogP contribution in [-0.4, -0.2) is 30.3 Å². The van der Waals surface area contributed by atoms with Crippen LogP contribution in [0.25, 0.3) is 0 Å². The van der Waals surface area contributed by atoms with E-state index in [2.05, 4.69) is 24.0 Å². The van der Waals surface area contributed by atoms with Crippen LogP contribution < -0.4 is 15.2 Å². The molecule has 0 spiro atoms. The summed E-state index contributed by atoms with van der Waals surface area (Å²) < 4.78 is 10.7. The molecule has 0 aromatic heterocycles. The second kappa shape index (κ2) is 4.78. The van der Waals surface area contributed by atoms with E-state index in [4.69, 9.17) is 15.2 Å². The molecular weight excluding hydrogens is 228 g/mol. The van der Waals surface area contributed by atoms with E-state index in [9.17, 15) is 0 Å². The van der Waals surface area contributed by atoms with Crippen LogP contribution in [0.1, 0.15) is 25.3 Å². The Bertz CT molecular complexity index is 436. The summed E-state index contributed by atoms with van der Waals surface area (Å²) in [5.74, 6) is 1.72. The Kier molecular flexibility index (Phi) is 3.14. The molecule has 0 amide bonds. The minimum Gasteiger partial charge on any atom is -0.454 e. The number of rotatable bonds is 2. The predicted octanol–water partition coefficient (Wildman–Crippen LogP) is 1.73. The number of fused-ring (bicyclic) bond motifs is 1. The fourth-order valence-electron chi connectivity index (χ4n) is 2.77. The fourth-order valence-corrected chi connectivity index (χ4v) is 2.77. The smallest absolute Gasteiger partial charge is 0.231 e. The number of hydrogen-bond acceptors (Lipinski definition) is 4. The molecule has 4 nitrogen and oxygen atoms in total. The lowest BCUT2D eigenvalue weighted by Crippen LogP contribution is -2.44. The molecule has 2 atom stereocenters. The molecule has 0 saturated carbocycles. The van der Waals surface area contributed by atoms with E-state index in [0.717, 1.165) is 37.4 Å². The van der Waals surface area contributed by atoms with E-state index in [0.29, 0.717) is 18.9 Å². The number of benzene rings is 1. The molecule has 18 heavy (non-hydrogen) atoms. The second-order valence-electron chi connectivity index (χ2n) is 5.29. The molecular formula is C14H20N2O2. The molecule has 1 aromatic rings. The zero-order valence-electron chi connectivity index (χ0n) is 10.8. The van der Waals surface area contributed by atoms with Crippen molar-refractivity contribution in [3.63, 3.8) is 0 Å². The van der Waals surface area contributed by atoms with Crippen molar-refractivity contribution in [2.24, 2.45) is 5.73 Å². The van der Waals surface area contributed by atoms with Crippen molar-refractivity contribution in [1.29, 1.82) is 0 Å². The van der Waals surface area contributed by atoms with Crippen molar-refractivity contribution in [1.82, 2.24) is 4.90 Å². The highest BCUT2D eigenvalue weighted by Crippen LogP contribution is 2.33. The van der Waals surface area contributed by atoms with Gasteiger partial charge in [0.05, 0.1) is 0 Å². The predicted molar refractivity (Wildman–Crippen MR) is 69.6 cm³/mol. The average Bonchev–Trinajstić information content (AvgIpc) is 2.80. The van der Waals surface area contributed by atoms with Gasteiger partial charge in [-0.05, 0) is 37.5 Å². The highest BCUT2D eigenvalue weighted by Gasteiger charge is 2.23. The van der Waals surface area contributed by atoms with Gasteiger partial charge in [-0.1, -0.05) is 6.07 Å². The van der Waals surface area contributed by atoms with Crippen LogP contribution in [0.5, 0.6) is 11.5 Å². The van der Waals surface area contributed by atoms with Gasteiger partial charge in [0.15, 0.2) is 11.5 Å². The summed E-state index contributed by atoms with van der Waals surface area (Å²) in [5.41, 5.74) is 7.27. The monoisotopic (exact) mass is 248 g/mol. The van der Waals surface area contributed by atoms with Crippen LogP contribution in [0.4, 0.5) is 0 Å². The summed E-state index contributed by atoms with van der Waals surface area (Å²) in [7, 11) is 0. The number of likely N-dealkylation sites (tertiary alicyclic amines) is 1. The Morgan fingerprint density at radius 2 is 2.17 bits per heavy atom. The summed E-state index contributed by atoms with van der Waals surface area (Å²) in [6.45, 7) is 4.64. The fraction of sp³-hybridized carbons (Fsp3) is 0.571. The molecule has 1 fully saturated rings. The molecule has 4 heteroatoms. The number of nitrogens with zero attached hydrogens (tertiary/aromatic N) is 1. The van der Waals surface area contributed by atoms with Gasteiger partial charge >= 0.3 is 0 Å². The quantitative estimate of drug-likeness (QED) is 0.866. The summed E-state index contributed by atoms with van der Waals surface area (Å²) in [5, 5.41) is 0. The van der Waals surface area contributed by atoms with Crippen molar-refractivity contribution in [2.45, 2.75) is 38.4 Å². The molecule has 3 rings (SSSR count). The third-order valence-corrected chi connectivity index (χ3v) is 3.88.